The predicted octanol–water partition coefficient (Wildman–Crippen LogP) is 2.54. The minimum atomic E-state index is -0.430. The Morgan fingerprint density at radius 1 is 1.23 bits per heavy atom. The molecule has 4 rings (SSSR count). The molecule has 0 bridgehead atoms. The number of aromatic nitrogens is 6. The Bertz CT molecular complexity index is 825. The van der Waals surface area contributed by atoms with Crippen molar-refractivity contribution in [3.05, 3.63) is 18.7 Å². The number of likely N-dealkylation sites (tertiary alicyclic amines) is 1. The SMILES string of the molecule is CC(C)(C)OC(=O)N1CCC(C2CC2CCNc2ncc(-n3cnnn3)cn2)CC1. The van der Waals surface area contributed by atoms with Crippen LogP contribution in [-0.4, -0.2) is 66.4 Å². The minimum Gasteiger partial charge on any atom is -0.444 e. The first-order valence-corrected chi connectivity index (χ1v) is 10.7. The monoisotopic (exact) mass is 414 g/mol. The highest BCUT2D eigenvalue weighted by atomic mass is 16.6. The summed E-state index contributed by atoms with van der Waals surface area (Å²) in [6.07, 6.45) is 9.30. The Hall–Kier alpha value is -2.78. The third kappa shape index (κ3) is 5.22. The average Bonchev–Trinajstić information content (AvgIpc) is 3.27. The maximum Gasteiger partial charge on any atom is 0.410 e. The summed E-state index contributed by atoms with van der Waals surface area (Å²) in [4.78, 5) is 22.7. The molecule has 10 nitrogen and oxygen atoms in total. The van der Waals surface area contributed by atoms with Crippen molar-refractivity contribution in [2.24, 2.45) is 17.8 Å². The number of carbonyl (C=O) groups is 1. The summed E-state index contributed by atoms with van der Waals surface area (Å²) in [5.74, 6) is 2.89. The summed E-state index contributed by atoms with van der Waals surface area (Å²) in [7, 11) is 0. The van der Waals surface area contributed by atoms with Gasteiger partial charge in [-0.05, 0) is 74.6 Å². The molecule has 2 fully saturated rings. The van der Waals surface area contributed by atoms with Crippen molar-refractivity contribution in [1.82, 2.24) is 35.1 Å². The van der Waals surface area contributed by atoms with Gasteiger partial charge in [-0.1, -0.05) is 0 Å². The van der Waals surface area contributed by atoms with E-state index in [0.29, 0.717) is 5.95 Å². The molecule has 10 heteroatoms. The van der Waals surface area contributed by atoms with Crippen LogP contribution in [-0.2, 0) is 4.74 Å². The molecule has 2 aromatic rings. The van der Waals surface area contributed by atoms with E-state index in [0.717, 1.165) is 62.3 Å². The Labute approximate surface area is 176 Å². The Morgan fingerprint density at radius 2 is 1.97 bits per heavy atom. The van der Waals surface area contributed by atoms with Crippen molar-refractivity contribution in [3.63, 3.8) is 0 Å². The van der Waals surface area contributed by atoms with Crippen LogP contribution in [0.1, 0.15) is 46.5 Å². The second-order valence-corrected chi connectivity index (χ2v) is 9.20. The number of nitrogens with zero attached hydrogens (tertiary/aromatic N) is 7. The van der Waals surface area contributed by atoms with Crippen molar-refractivity contribution in [1.29, 1.82) is 0 Å². The lowest BCUT2D eigenvalue weighted by Crippen LogP contribution is -2.42. The molecule has 2 unspecified atom stereocenters. The van der Waals surface area contributed by atoms with Crippen molar-refractivity contribution in [3.8, 4) is 5.69 Å². The van der Waals surface area contributed by atoms with E-state index in [2.05, 4.69) is 30.8 Å². The van der Waals surface area contributed by atoms with Gasteiger partial charge < -0.3 is 15.0 Å². The highest BCUT2D eigenvalue weighted by Gasteiger charge is 2.43. The van der Waals surface area contributed by atoms with Gasteiger partial charge in [-0.25, -0.2) is 14.8 Å². The molecule has 162 valence electrons. The second-order valence-electron chi connectivity index (χ2n) is 9.20. The summed E-state index contributed by atoms with van der Waals surface area (Å²) in [5.41, 5.74) is 0.297. The number of rotatable bonds is 6. The van der Waals surface area contributed by atoms with Crippen molar-refractivity contribution >= 4 is 12.0 Å². The standard InChI is InChI=1S/C20H30N8O2/c1-20(2,3)30-19(29)27-8-5-14(6-9-27)17-10-15(17)4-7-21-18-22-11-16(12-23-18)28-13-24-25-26-28/h11-15,17H,4-10H2,1-3H3,(H,21,22,23). The molecule has 1 aliphatic heterocycles. The molecule has 1 saturated heterocycles. The molecular formula is C20H30N8O2. The normalized spacial score (nSPS) is 22.0. The Kier molecular flexibility index (Phi) is 5.83. The van der Waals surface area contributed by atoms with Gasteiger partial charge in [-0.3, -0.25) is 0 Å². The third-order valence-electron chi connectivity index (χ3n) is 5.82. The first-order chi connectivity index (χ1) is 14.4. The molecular weight excluding hydrogens is 384 g/mol. The van der Waals surface area contributed by atoms with E-state index < -0.39 is 5.60 Å². The van der Waals surface area contributed by atoms with Gasteiger partial charge in [0, 0.05) is 19.6 Å². The van der Waals surface area contributed by atoms with Gasteiger partial charge in [0.25, 0.3) is 0 Å². The lowest BCUT2D eigenvalue weighted by Gasteiger charge is -2.33. The molecule has 30 heavy (non-hydrogen) atoms. The number of ether oxygens (including phenoxy) is 1. The van der Waals surface area contributed by atoms with Crippen LogP contribution < -0.4 is 5.32 Å². The number of hydrogen-bond acceptors (Lipinski definition) is 8. The lowest BCUT2D eigenvalue weighted by molar-refractivity contribution is 0.0174. The zero-order valence-electron chi connectivity index (χ0n) is 17.9. The topological polar surface area (TPSA) is 111 Å². The molecule has 1 aliphatic carbocycles. The second kappa shape index (κ2) is 8.53. The van der Waals surface area contributed by atoms with E-state index in [9.17, 15) is 4.79 Å². The lowest BCUT2D eigenvalue weighted by atomic mass is 9.90. The molecule has 1 amide bonds. The predicted molar refractivity (Wildman–Crippen MR) is 110 cm³/mol. The number of anilines is 1. The van der Waals surface area contributed by atoms with Crippen LogP contribution in [0.3, 0.4) is 0 Å². The third-order valence-corrected chi connectivity index (χ3v) is 5.82. The van der Waals surface area contributed by atoms with Crippen LogP contribution in [0.5, 0.6) is 0 Å². The van der Waals surface area contributed by atoms with Gasteiger partial charge in [-0.15, -0.1) is 5.10 Å². The maximum atomic E-state index is 12.2. The number of piperidine rings is 1. The highest BCUT2D eigenvalue weighted by Crippen LogP contribution is 2.49. The average molecular weight is 415 g/mol. The number of hydrogen-bond donors (Lipinski definition) is 1. The van der Waals surface area contributed by atoms with Crippen LogP contribution in [0.15, 0.2) is 18.7 Å². The quantitative estimate of drug-likeness (QED) is 0.768. The smallest absolute Gasteiger partial charge is 0.410 e. The first kappa shape index (κ1) is 20.5. The van der Waals surface area contributed by atoms with Gasteiger partial charge in [0.2, 0.25) is 5.95 Å². The molecule has 0 radical (unpaired) electrons. The van der Waals surface area contributed by atoms with Gasteiger partial charge >= 0.3 is 6.09 Å². The molecule has 1 saturated carbocycles. The fraction of sp³-hybridized carbons (Fsp3) is 0.700. The molecule has 0 aromatic carbocycles. The van der Waals surface area contributed by atoms with Crippen molar-refractivity contribution < 1.29 is 9.53 Å². The Balaban J connectivity index is 1.15. The van der Waals surface area contributed by atoms with Crippen LogP contribution in [0, 0.1) is 17.8 Å². The van der Waals surface area contributed by atoms with Crippen molar-refractivity contribution in [2.75, 3.05) is 25.0 Å². The molecule has 0 spiro atoms. The fourth-order valence-electron chi connectivity index (χ4n) is 4.20. The summed E-state index contributed by atoms with van der Waals surface area (Å²) < 4.78 is 7.01. The van der Waals surface area contributed by atoms with Crippen LogP contribution >= 0.6 is 0 Å². The van der Waals surface area contributed by atoms with Gasteiger partial charge in [-0.2, -0.15) is 4.68 Å². The summed E-state index contributed by atoms with van der Waals surface area (Å²) in [6.45, 7) is 8.21. The van der Waals surface area contributed by atoms with Gasteiger partial charge in [0.05, 0.1) is 12.4 Å². The number of carbonyl (C=O) groups excluding carboxylic acids is 1. The van der Waals surface area contributed by atoms with Crippen LogP contribution in [0.2, 0.25) is 0 Å². The van der Waals surface area contributed by atoms with E-state index in [1.807, 2.05) is 25.7 Å². The largest absolute Gasteiger partial charge is 0.444 e. The van der Waals surface area contributed by atoms with Gasteiger partial charge in [0.1, 0.15) is 17.6 Å². The van der Waals surface area contributed by atoms with Gasteiger partial charge in [0.15, 0.2) is 0 Å². The molecule has 3 heterocycles. The molecule has 2 aliphatic rings. The maximum absolute atomic E-state index is 12.2. The van der Waals surface area contributed by atoms with E-state index in [1.165, 1.54) is 17.4 Å². The first-order valence-electron chi connectivity index (χ1n) is 10.7. The van der Waals surface area contributed by atoms with Crippen LogP contribution in [0.25, 0.3) is 5.69 Å². The minimum absolute atomic E-state index is 0.177. The fourth-order valence-corrected chi connectivity index (χ4v) is 4.20. The van der Waals surface area contributed by atoms with Crippen molar-refractivity contribution in [2.45, 2.75) is 52.1 Å². The molecule has 2 aromatic heterocycles. The zero-order valence-corrected chi connectivity index (χ0v) is 17.9. The Morgan fingerprint density at radius 3 is 2.60 bits per heavy atom. The number of nitrogens with one attached hydrogen (secondary N) is 1. The van der Waals surface area contributed by atoms with E-state index >= 15 is 0 Å². The summed E-state index contributed by atoms with van der Waals surface area (Å²) in [5, 5.41) is 14.3. The number of tetrazole rings is 1. The highest BCUT2D eigenvalue weighted by molar-refractivity contribution is 5.68. The molecule has 1 N–H and O–H groups in total. The zero-order chi connectivity index (χ0) is 21.1. The molecule has 2 atom stereocenters. The van der Waals surface area contributed by atoms with E-state index in [4.69, 9.17) is 4.74 Å². The van der Waals surface area contributed by atoms with E-state index in [-0.39, 0.29) is 6.09 Å². The summed E-state index contributed by atoms with van der Waals surface area (Å²) in [6, 6.07) is 0. The van der Waals surface area contributed by atoms with Crippen LogP contribution in [0.4, 0.5) is 10.7 Å². The number of amides is 1. The summed E-state index contributed by atoms with van der Waals surface area (Å²) >= 11 is 0. The van der Waals surface area contributed by atoms with E-state index in [1.54, 1.807) is 12.4 Å².